The Labute approximate surface area is 235 Å². The molecule has 0 saturated heterocycles. The van der Waals surface area contributed by atoms with Crippen LogP contribution in [0.25, 0.3) is 0 Å². The summed E-state index contributed by atoms with van der Waals surface area (Å²) in [7, 11) is 0. The number of aliphatic carboxylic acids is 1. The number of rotatable bonds is 10. The number of carboxylic acid groups (broad SMARTS) is 1. The fourth-order valence-corrected chi connectivity index (χ4v) is 3.92. The van der Waals surface area contributed by atoms with E-state index in [2.05, 4.69) is 5.32 Å². The van der Waals surface area contributed by atoms with Crippen LogP contribution in [0.3, 0.4) is 0 Å². The van der Waals surface area contributed by atoms with E-state index in [-0.39, 0.29) is 17.5 Å². The first-order chi connectivity index (χ1) is 19.2. The maximum absolute atomic E-state index is 15.0. The fraction of sp³-hybridized carbons (Fsp3) is 0.267. The Bertz CT molecular complexity index is 1400. The number of ketones is 1. The molecule has 3 aromatic rings. The molecule has 0 bridgehead atoms. The first kappa shape index (κ1) is 30.9. The number of anilines is 1. The Balaban J connectivity index is 1.83. The van der Waals surface area contributed by atoms with Crippen LogP contribution in [-0.4, -0.2) is 45.3 Å². The topological polar surface area (TPSA) is 120 Å². The number of hydrogen-bond acceptors (Lipinski definition) is 5. The van der Waals surface area contributed by atoms with Gasteiger partial charge in [-0.25, -0.2) is 22.8 Å². The Morgan fingerprint density at radius 2 is 1.54 bits per heavy atom. The summed E-state index contributed by atoms with van der Waals surface area (Å²) >= 11 is 0. The summed E-state index contributed by atoms with van der Waals surface area (Å²) in [4.78, 5) is 38.5. The van der Waals surface area contributed by atoms with Gasteiger partial charge in [0.25, 0.3) is 0 Å². The predicted octanol–water partition coefficient (Wildman–Crippen LogP) is 6.20. The lowest BCUT2D eigenvalue weighted by Gasteiger charge is -2.32. The summed E-state index contributed by atoms with van der Waals surface area (Å²) in [6.07, 6.45) is -1.59. The number of hydrogen-bond donors (Lipinski definition) is 3. The second kappa shape index (κ2) is 13.1. The van der Waals surface area contributed by atoms with Gasteiger partial charge in [0, 0.05) is 12.0 Å². The zero-order valence-electron chi connectivity index (χ0n) is 22.7. The van der Waals surface area contributed by atoms with Gasteiger partial charge in [0.1, 0.15) is 40.6 Å². The van der Waals surface area contributed by atoms with Gasteiger partial charge in [0.15, 0.2) is 5.78 Å². The van der Waals surface area contributed by atoms with Gasteiger partial charge in [0.05, 0.1) is 13.0 Å². The molecule has 3 N–H and O–H groups in total. The van der Waals surface area contributed by atoms with E-state index in [1.807, 2.05) is 0 Å². The van der Waals surface area contributed by atoms with E-state index in [1.54, 1.807) is 51.1 Å². The van der Waals surface area contributed by atoms with Gasteiger partial charge in [-0.1, -0.05) is 30.3 Å². The second-order valence-corrected chi connectivity index (χ2v) is 10.3. The average molecular weight is 570 g/mol. The quantitative estimate of drug-likeness (QED) is 0.152. The van der Waals surface area contributed by atoms with Crippen LogP contribution in [0, 0.1) is 22.9 Å². The number of amidine groups is 1. The SMILES string of the molecule is CC(C)(C)OC(=O)N(Cc1cc(F)c(NC(=N)CC(=O)c2ccc(F)cc2)c(F)c1)[C@@H](Cc1ccccc1)C(=O)O. The van der Waals surface area contributed by atoms with Crippen molar-refractivity contribution in [1.29, 1.82) is 5.41 Å². The van der Waals surface area contributed by atoms with Gasteiger partial charge in [-0.3, -0.25) is 15.1 Å². The zero-order chi connectivity index (χ0) is 30.3. The molecule has 0 radical (unpaired) electrons. The van der Waals surface area contributed by atoms with Gasteiger partial charge in [-0.2, -0.15) is 0 Å². The van der Waals surface area contributed by atoms with E-state index in [9.17, 15) is 23.9 Å². The van der Waals surface area contributed by atoms with E-state index < -0.39 is 71.4 Å². The molecule has 0 spiro atoms. The van der Waals surface area contributed by atoms with Crippen LogP contribution in [0.1, 0.15) is 48.7 Å². The third-order valence-corrected chi connectivity index (χ3v) is 5.80. The highest BCUT2D eigenvalue weighted by atomic mass is 19.1. The van der Waals surface area contributed by atoms with Crippen molar-refractivity contribution in [2.75, 3.05) is 5.32 Å². The number of carboxylic acids is 1. The lowest BCUT2D eigenvalue weighted by atomic mass is 10.0. The average Bonchev–Trinajstić information content (AvgIpc) is 2.88. The van der Waals surface area contributed by atoms with E-state index in [0.29, 0.717) is 5.56 Å². The molecule has 3 rings (SSSR count). The summed E-state index contributed by atoms with van der Waals surface area (Å²) in [5, 5.41) is 20.2. The molecule has 0 fully saturated rings. The smallest absolute Gasteiger partial charge is 0.411 e. The number of carbonyl (C=O) groups excluding carboxylic acids is 2. The normalized spacial score (nSPS) is 11.9. The van der Waals surface area contributed by atoms with E-state index in [4.69, 9.17) is 10.1 Å². The molecular weight excluding hydrogens is 539 g/mol. The Kier molecular flexibility index (Phi) is 9.88. The van der Waals surface area contributed by atoms with Crippen LogP contribution in [0.15, 0.2) is 66.7 Å². The highest BCUT2D eigenvalue weighted by Gasteiger charge is 2.33. The predicted molar refractivity (Wildman–Crippen MR) is 146 cm³/mol. The van der Waals surface area contributed by atoms with Crippen LogP contribution in [0.4, 0.5) is 23.7 Å². The summed E-state index contributed by atoms with van der Waals surface area (Å²) in [5.41, 5.74) is -0.988. The van der Waals surface area contributed by atoms with Crippen LogP contribution < -0.4 is 5.32 Å². The van der Waals surface area contributed by atoms with E-state index in [1.165, 1.54) is 12.1 Å². The van der Waals surface area contributed by atoms with Crippen molar-refractivity contribution >= 4 is 29.4 Å². The van der Waals surface area contributed by atoms with Gasteiger partial charge in [-0.15, -0.1) is 0 Å². The first-order valence-corrected chi connectivity index (χ1v) is 12.6. The molecule has 216 valence electrons. The first-order valence-electron chi connectivity index (χ1n) is 12.6. The molecular formula is C30H30F3N3O5. The molecule has 1 amide bonds. The lowest BCUT2D eigenvalue weighted by molar-refractivity contribution is -0.143. The number of amides is 1. The van der Waals surface area contributed by atoms with Crippen LogP contribution in [-0.2, 0) is 22.5 Å². The van der Waals surface area contributed by atoms with Crippen molar-refractivity contribution in [3.63, 3.8) is 0 Å². The standard InChI is InChI=1S/C30H30F3N3O5/c1-30(2,3)41-29(40)36(24(28(38)39)15-18-7-5-4-6-8-18)17-19-13-22(32)27(23(33)14-19)35-26(34)16-25(37)20-9-11-21(31)12-10-20/h4-14,24H,15-17H2,1-3H3,(H2,34,35)(H,38,39)/t24-/m0/s1. The second-order valence-electron chi connectivity index (χ2n) is 10.3. The third-order valence-electron chi connectivity index (χ3n) is 5.80. The van der Waals surface area contributed by atoms with Gasteiger partial charge in [-0.05, 0) is 68.3 Å². The molecule has 0 aromatic heterocycles. The summed E-state index contributed by atoms with van der Waals surface area (Å²) in [5.74, 6) is -5.20. The van der Waals surface area contributed by atoms with Crippen molar-refractivity contribution in [3.05, 3.63) is 101 Å². The molecule has 0 aliphatic carbocycles. The van der Waals surface area contributed by atoms with Crippen LogP contribution in [0.2, 0.25) is 0 Å². The molecule has 8 nitrogen and oxygen atoms in total. The van der Waals surface area contributed by atoms with Crippen molar-refractivity contribution in [2.24, 2.45) is 0 Å². The molecule has 41 heavy (non-hydrogen) atoms. The maximum atomic E-state index is 15.0. The van der Waals surface area contributed by atoms with E-state index in [0.717, 1.165) is 29.2 Å². The number of halogens is 3. The van der Waals surface area contributed by atoms with Crippen molar-refractivity contribution in [1.82, 2.24) is 4.90 Å². The van der Waals surface area contributed by atoms with Crippen molar-refractivity contribution in [2.45, 2.75) is 51.8 Å². The molecule has 0 aliphatic rings. The number of nitrogens with zero attached hydrogens (tertiary/aromatic N) is 1. The summed E-state index contributed by atoms with van der Waals surface area (Å²) in [6.45, 7) is 4.32. The molecule has 11 heteroatoms. The molecule has 1 atom stereocenters. The van der Waals surface area contributed by atoms with Crippen molar-refractivity contribution in [3.8, 4) is 0 Å². The van der Waals surface area contributed by atoms with Gasteiger partial charge >= 0.3 is 12.1 Å². The lowest BCUT2D eigenvalue weighted by Crippen LogP contribution is -2.48. The summed E-state index contributed by atoms with van der Waals surface area (Å²) < 4.78 is 48.5. The van der Waals surface area contributed by atoms with E-state index >= 15 is 8.78 Å². The summed E-state index contributed by atoms with van der Waals surface area (Å²) in [6, 6.07) is 13.6. The Hall–Kier alpha value is -4.67. The number of carbonyl (C=O) groups is 3. The minimum absolute atomic E-state index is 0.0651. The van der Waals surface area contributed by atoms with Gasteiger partial charge < -0.3 is 15.2 Å². The molecule has 0 heterocycles. The highest BCUT2D eigenvalue weighted by Crippen LogP contribution is 2.25. The number of nitrogens with one attached hydrogen (secondary N) is 2. The Morgan fingerprint density at radius 1 is 0.951 bits per heavy atom. The van der Waals surface area contributed by atoms with Gasteiger partial charge in [0.2, 0.25) is 0 Å². The highest BCUT2D eigenvalue weighted by molar-refractivity contribution is 6.12. The number of ether oxygens (including phenoxy) is 1. The zero-order valence-corrected chi connectivity index (χ0v) is 22.7. The van der Waals surface area contributed by atoms with Crippen molar-refractivity contribution < 1.29 is 37.4 Å². The fourth-order valence-electron chi connectivity index (χ4n) is 3.92. The Morgan fingerprint density at radius 3 is 2.07 bits per heavy atom. The van der Waals surface area contributed by atoms with Crippen LogP contribution in [0.5, 0.6) is 0 Å². The monoisotopic (exact) mass is 569 g/mol. The molecule has 0 unspecified atom stereocenters. The number of benzene rings is 3. The maximum Gasteiger partial charge on any atom is 0.411 e. The molecule has 3 aromatic carbocycles. The minimum atomic E-state index is -1.41. The third kappa shape index (κ3) is 8.92. The minimum Gasteiger partial charge on any atom is -0.480 e. The molecule has 0 aliphatic heterocycles. The number of Topliss-reactive ketones (excluding diaryl/α,β-unsaturated/α-hetero) is 1. The largest absolute Gasteiger partial charge is 0.480 e. The molecule has 0 saturated carbocycles. The van der Waals surface area contributed by atoms with Crippen LogP contribution >= 0.6 is 0 Å².